The number of carbonyl (C=O) groups is 2. The zero-order valence-electron chi connectivity index (χ0n) is 16.9. The van der Waals surface area contributed by atoms with Gasteiger partial charge < -0.3 is 4.90 Å². The molecule has 1 N–H and O–H groups in total. The molecule has 1 aromatic heterocycles. The van der Waals surface area contributed by atoms with Gasteiger partial charge in [0.05, 0.1) is 17.7 Å². The summed E-state index contributed by atoms with van der Waals surface area (Å²) in [6.07, 6.45) is -2.32. The van der Waals surface area contributed by atoms with E-state index in [0.717, 1.165) is 23.4 Å². The van der Waals surface area contributed by atoms with E-state index in [4.69, 9.17) is 0 Å². The van der Waals surface area contributed by atoms with Gasteiger partial charge in [-0.25, -0.2) is 9.97 Å². The summed E-state index contributed by atoms with van der Waals surface area (Å²) in [5.41, 5.74) is 1.79. The van der Waals surface area contributed by atoms with Crippen LogP contribution in [0.25, 0.3) is 0 Å². The Morgan fingerprint density at radius 2 is 1.75 bits per heavy atom. The maximum absolute atomic E-state index is 12.7. The third kappa shape index (κ3) is 4.93. The Bertz CT molecular complexity index is 1130. The normalized spacial score (nSPS) is 13.4. The second-order valence-corrected chi connectivity index (χ2v) is 7.42. The van der Waals surface area contributed by atoms with Gasteiger partial charge in [-0.3, -0.25) is 14.9 Å². The highest BCUT2D eigenvalue weighted by Gasteiger charge is 2.30. The number of hydrogen-bond donors (Lipinski definition) is 1. The number of aromatic nitrogens is 2. The van der Waals surface area contributed by atoms with Crippen molar-refractivity contribution in [2.24, 2.45) is 0 Å². The van der Waals surface area contributed by atoms with Crippen LogP contribution in [0.5, 0.6) is 0 Å². The van der Waals surface area contributed by atoms with E-state index >= 15 is 0 Å². The number of hydrogen-bond acceptors (Lipinski definition) is 4. The van der Waals surface area contributed by atoms with E-state index in [1.165, 1.54) is 12.1 Å². The van der Waals surface area contributed by atoms with Crippen molar-refractivity contribution < 1.29 is 22.8 Å². The number of anilines is 1. The predicted molar refractivity (Wildman–Crippen MR) is 111 cm³/mol. The number of carbonyl (C=O) groups excluding carboxylic acids is 2. The average molecular weight is 440 g/mol. The molecule has 1 aliphatic rings. The molecule has 164 valence electrons. The van der Waals surface area contributed by atoms with Crippen molar-refractivity contribution in [1.82, 2.24) is 14.9 Å². The first-order chi connectivity index (χ1) is 15.3. The first-order valence-corrected chi connectivity index (χ1v) is 9.95. The Labute approximate surface area is 182 Å². The van der Waals surface area contributed by atoms with Crippen LogP contribution in [0.1, 0.15) is 32.7 Å². The minimum atomic E-state index is -4.40. The van der Waals surface area contributed by atoms with Gasteiger partial charge in [0.1, 0.15) is 0 Å². The van der Waals surface area contributed by atoms with Crippen molar-refractivity contribution in [3.63, 3.8) is 0 Å². The van der Waals surface area contributed by atoms with Crippen molar-refractivity contribution in [3.05, 3.63) is 88.7 Å². The van der Waals surface area contributed by atoms with Crippen molar-refractivity contribution in [2.45, 2.75) is 25.6 Å². The zero-order chi connectivity index (χ0) is 22.7. The zero-order valence-corrected chi connectivity index (χ0v) is 16.9. The van der Waals surface area contributed by atoms with E-state index in [-0.39, 0.29) is 24.2 Å². The monoisotopic (exact) mass is 440 g/mol. The highest BCUT2D eigenvalue weighted by molar-refractivity contribution is 6.03. The van der Waals surface area contributed by atoms with E-state index in [1.54, 1.807) is 35.4 Å². The van der Waals surface area contributed by atoms with Gasteiger partial charge in [-0.05, 0) is 29.8 Å². The van der Waals surface area contributed by atoms with E-state index in [2.05, 4.69) is 15.3 Å². The van der Waals surface area contributed by atoms with Crippen molar-refractivity contribution >= 4 is 17.8 Å². The Kier molecular flexibility index (Phi) is 5.89. The Morgan fingerprint density at radius 1 is 1.03 bits per heavy atom. The lowest BCUT2D eigenvalue weighted by Crippen LogP contribution is -2.37. The summed E-state index contributed by atoms with van der Waals surface area (Å²) in [7, 11) is 0. The van der Waals surface area contributed by atoms with Gasteiger partial charge in [0, 0.05) is 36.8 Å². The fourth-order valence-corrected chi connectivity index (χ4v) is 3.45. The van der Waals surface area contributed by atoms with Crippen LogP contribution in [0, 0.1) is 0 Å². The van der Waals surface area contributed by atoms with E-state index in [9.17, 15) is 22.8 Å². The molecule has 2 amide bonds. The third-order valence-electron chi connectivity index (χ3n) is 5.18. The second kappa shape index (κ2) is 8.78. The molecule has 0 saturated heterocycles. The predicted octanol–water partition coefficient (Wildman–Crippen LogP) is 3.88. The van der Waals surface area contributed by atoms with Crippen LogP contribution in [0.2, 0.25) is 0 Å². The highest BCUT2D eigenvalue weighted by Crippen LogP contribution is 2.29. The Balaban J connectivity index is 1.38. The maximum atomic E-state index is 12.7. The van der Waals surface area contributed by atoms with Gasteiger partial charge in [0.25, 0.3) is 5.91 Å². The minimum Gasteiger partial charge on any atom is -0.338 e. The summed E-state index contributed by atoms with van der Waals surface area (Å²) < 4.78 is 38.1. The van der Waals surface area contributed by atoms with Crippen LogP contribution in [0.4, 0.5) is 19.1 Å². The fourth-order valence-electron chi connectivity index (χ4n) is 3.45. The molecule has 2 aromatic carbocycles. The second-order valence-electron chi connectivity index (χ2n) is 7.42. The highest BCUT2D eigenvalue weighted by atomic mass is 19.4. The lowest BCUT2D eigenvalue weighted by atomic mass is 10.0. The molecule has 0 bridgehead atoms. The van der Waals surface area contributed by atoms with Crippen LogP contribution in [-0.4, -0.2) is 33.2 Å². The number of nitrogens with zero attached hydrogens (tertiary/aromatic N) is 3. The molecule has 32 heavy (non-hydrogen) atoms. The number of amides is 2. The number of benzene rings is 2. The van der Waals surface area contributed by atoms with Gasteiger partial charge in [-0.2, -0.15) is 13.2 Å². The lowest BCUT2D eigenvalue weighted by molar-refractivity contribution is -0.137. The minimum absolute atomic E-state index is 0.0134. The molecule has 1 aliphatic heterocycles. The molecule has 2 heterocycles. The van der Waals surface area contributed by atoms with Gasteiger partial charge >= 0.3 is 6.18 Å². The molecule has 0 saturated carbocycles. The third-order valence-corrected chi connectivity index (χ3v) is 5.18. The summed E-state index contributed by atoms with van der Waals surface area (Å²) >= 11 is 0. The van der Waals surface area contributed by atoms with Crippen LogP contribution in [0.3, 0.4) is 0 Å². The number of rotatable bonds is 4. The molecule has 9 heteroatoms. The molecule has 0 radical (unpaired) electrons. The molecule has 0 fully saturated rings. The van der Waals surface area contributed by atoms with Crippen LogP contribution in [0.15, 0.2) is 60.8 Å². The SMILES string of the molecule is O=C(Nc1ncc2c(n1)CCN(C(=O)Cc1ccc(C(F)(F)F)cc1)C2)c1ccccc1. The molecule has 0 spiro atoms. The van der Waals surface area contributed by atoms with Gasteiger partial charge in [0.2, 0.25) is 11.9 Å². The van der Waals surface area contributed by atoms with Crippen LogP contribution >= 0.6 is 0 Å². The Hall–Kier alpha value is -3.75. The van der Waals surface area contributed by atoms with Gasteiger partial charge in [0.15, 0.2) is 0 Å². The number of fused-ring (bicyclic) bond motifs is 1. The number of halogens is 3. The van der Waals surface area contributed by atoms with Crippen LogP contribution in [-0.2, 0) is 30.4 Å². The van der Waals surface area contributed by atoms with E-state index in [1.807, 2.05) is 6.07 Å². The van der Waals surface area contributed by atoms with Crippen molar-refractivity contribution in [1.29, 1.82) is 0 Å². The van der Waals surface area contributed by atoms with E-state index < -0.39 is 11.7 Å². The molecule has 6 nitrogen and oxygen atoms in total. The number of nitrogens with one attached hydrogen (secondary N) is 1. The Morgan fingerprint density at radius 3 is 2.44 bits per heavy atom. The summed E-state index contributed by atoms with van der Waals surface area (Å²) in [6, 6.07) is 13.3. The van der Waals surface area contributed by atoms with Gasteiger partial charge in [-0.1, -0.05) is 30.3 Å². The molecule has 0 atom stereocenters. The molecule has 3 aromatic rings. The fraction of sp³-hybridized carbons (Fsp3) is 0.217. The lowest BCUT2D eigenvalue weighted by Gasteiger charge is -2.28. The largest absolute Gasteiger partial charge is 0.416 e. The first-order valence-electron chi connectivity index (χ1n) is 9.95. The topological polar surface area (TPSA) is 75.2 Å². The number of alkyl halides is 3. The summed E-state index contributed by atoms with van der Waals surface area (Å²) in [5, 5.41) is 2.67. The molecule has 0 aliphatic carbocycles. The first kappa shape index (κ1) is 21.5. The van der Waals surface area contributed by atoms with Crippen LogP contribution < -0.4 is 5.32 Å². The summed E-state index contributed by atoms with van der Waals surface area (Å²) in [6.45, 7) is 0.733. The standard InChI is InChI=1S/C23H19F3N4O2/c24-23(25,26)18-8-6-15(7-9-18)12-20(31)30-11-10-19-17(14-30)13-27-22(28-19)29-21(32)16-4-2-1-3-5-16/h1-9,13H,10-12,14H2,(H,27,28,29,32). The molecular weight excluding hydrogens is 421 g/mol. The van der Waals surface area contributed by atoms with Crippen molar-refractivity contribution in [3.8, 4) is 0 Å². The molecule has 0 unspecified atom stereocenters. The average Bonchev–Trinajstić information content (AvgIpc) is 2.79. The summed E-state index contributed by atoms with van der Waals surface area (Å²) in [4.78, 5) is 35.1. The summed E-state index contributed by atoms with van der Waals surface area (Å²) in [5.74, 6) is -0.297. The smallest absolute Gasteiger partial charge is 0.338 e. The van der Waals surface area contributed by atoms with Gasteiger partial charge in [-0.15, -0.1) is 0 Å². The van der Waals surface area contributed by atoms with E-state index in [0.29, 0.717) is 30.6 Å². The molecular formula is C23H19F3N4O2. The van der Waals surface area contributed by atoms with Crippen molar-refractivity contribution in [2.75, 3.05) is 11.9 Å². The quantitative estimate of drug-likeness (QED) is 0.668. The molecule has 4 rings (SSSR count). The maximum Gasteiger partial charge on any atom is 0.416 e.